The fourth-order valence-electron chi connectivity index (χ4n) is 2.18. The highest BCUT2D eigenvalue weighted by molar-refractivity contribution is 7.79. The predicted octanol–water partition coefficient (Wildman–Crippen LogP) is 2.20. The number of benzene rings is 3. The summed E-state index contributed by atoms with van der Waals surface area (Å²) in [4.78, 5) is 8.89. The molecule has 0 aliphatic carbocycles. The van der Waals surface area contributed by atoms with Gasteiger partial charge in [-0.15, -0.1) is 0 Å². The van der Waals surface area contributed by atoms with Gasteiger partial charge >= 0.3 is 0 Å². The first-order chi connectivity index (χ1) is 11.2. The van der Waals surface area contributed by atoms with Crippen molar-refractivity contribution < 1.29 is 9.90 Å². The van der Waals surface area contributed by atoms with Gasteiger partial charge in [0, 0.05) is 5.97 Å². The zero-order valence-electron chi connectivity index (χ0n) is 12.9. The Hall–Kier alpha value is -2.44. The second-order valence-corrected chi connectivity index (χ2v) is 7.05. The summed E-state index contributed by atoms with van der Waals surface area (Å²) in [7, 11) is -0.446. The maximum Gasteiger partial charge on any atom is 0.0383 e. The molecule has 0 saturated heterocycles. The molecule has 0 bridgehead atoms. The molecule has 3 aromatic carbocycles. The highest BCUT2D eigenvalue weighted by Crippen LogP contribution is 2.32. The Morgan fingerprint density at radius 3 is 1.09 bits per heavy atom. The minimum atomic E-state index is -1.08. The summed E-state index contributed by atoms with van der Waals surface area (Å²) in [5.41, 5.74) is 0. The number of aliphatic carboxylic acids is 1. The van der Waals surface area contributed by atoms with Crippen LogP contribution in [0.3, 0.4) is 0 Å². The topological polar surface area (TPSA) is 40.1 Å². The molecule has 0 heterocycles. The molecule has 0 unspecified atom stereocenters. The fourth-order valence-corrected chi connectivity index (χ4v) is 4.48. The molecule has 0 aromatic heterocycles. The summed E-state index contributed by atoms with van der Waals surface area (Å²) in [6, 6.07) is 32.3. The van der Waals surface area contributed by atoms with E-state index in [9.17, 15) is 0 Å². The van der Waals surface area contributed by atoms with Gasteiger partial charge < -0.3 is 9.90 Å². The van der Waals surface area contributed by atoms with Crippen LogP contribution < -0.4 is 21.0 Å². The van der Waals surface area contributed by atoms with Crippen LogP contribution >= 0.6 is 7.92 Å². The predicted molar refractivity (Wildman–Crippen MR) is 95.8 cm³/mol. The van der Waals surface area contributed by atoms with Crippen LogP contribution in [-0.4, -0.2) is 5.97 Å². The summed E-state index contributed by atoms with van der Waals surface area (Å²) < 4.78 is 0. The average Bonchev–Trinajstić information content (AvgIpc) is 2.58. The molecule has 0 atom stereocenters. The summed E-state index contributed by atoms with van der Waals surface area (Å²) in [5.74, 6) is -1.08. The van der Waals surface area contributed by atoms with Crippen LogP contribution in [0.2, 0.25) is 0 Å². The second kappa shape index (κ2) is 8.87. The summed E-state index contributed by atoms with van der Waals surface area (Å²) >= 11 is 0. The van der Waals surface area contributed by atoms with Gasteiger partial charge in [0.05, 0.1) is 0 Å². The molecule has 2 nitrogen and oxygen atoms in total. The lowest BCUT2D eigenvalue weighted by atomic mass is 10.4. The van der Waals surface area contributed by atoms with Crippen LogP contribution in [0.15, 0.2) is 91.0 Å². The first-order valence-corrected chi connectivity index (χ1v) is 8.65. The molecule has 0 aliphatic rings. The zero-order valence-corrected chi connectivity index (χ0v) is 13.8. The molecule has 23 heavy (non-hydrogen) atoms. The van der Waals surface area contributed by atoms with E-state index in [0.717, 1.165) is 6.92 Å². The van der Waals surface area contributed by atoms with Gasteiger partial charge in [-0.3, -0.25) is 0 Å². The van der Waals surface area contributed by atoms with E-state index in [-0.39, 0.29) is 0 Å². The van der Waals surface area contributed by atoms with E-state index in [1.54, 1.807) is 0 Å². The van der Waals surface area contributed by atoms with Crippen LogP contribution in [0.1, 0.15) is 6.92 Å². The first kappa shape index (κ1) is 16.9. The van der Waals surface area contributed by atoms with Gasteiger partial charge in [-0.05, 0) is 30.8 Å². The standard InChI is InChI=1S/C18H15P.C2H4O2/c1-4-10-16(11-5-1)19(17-12-6-2-7-13-17)18-14-8-3-9-15-18;1-2(3)4/h1-15H;1H3,(H,3,4)/p-1. The van der Waals surface area contributed by atoms with Crippen molar-refractivity contribution in [3.63, 3.8) is 0 Å². The molecule has 0 saturated carbocycles. The molecular weight excluding hydrogens is 303 g/mol. The van der Waals surface area contributed by atoms with E-state index in [1.165, 1.54) is 15.9 Å². The lowest BCUT2D eigenvalue weighted by Crippen LogP contribution is -2.20. The number of hydrogen-bond donors (Lipinski definition) is 0. The van der Waals surface area contributed by atoms with Crippen molar-refractivity contribution in [2.45, 2.75) is 6.92 Å². The van der Waals surface area contributed by atoms with Crippen LogP contribution in [0, 0.1) is 0 Å². The molecule has 0 N–H and O–H groups in total. The summed E-state index contributed by atoms with van der Waals surface area (Å²) in [6.07, 6.45) is 0. The number of carboxylic acids is 1. The van der Waals surface area contributed by atoms with Gasteiger partial charge in [0.15, 0.2) is 0 Å². The van der Waals surface area contributed by atoms with Gasteiger partial charge in [0.2, 0.25) is 0 Å². The van der Waals surface area contributed by atoms with E-state index < -0.39 is 13.9 Å². The van der Waals surface area contributed by atoms with Gasteiger partial charge in [-0.25, -0.2) is 0 Å². The third kappa shape index (κ3) is 5.36. The molecule has 0 aliphatic heterocycles. The molecule has 0 radical (unpaired) electrons. The van der Waals surface area contributed by atoms with Crippen molar-refractivity contribution in [3.05, 3.63) is 91.0 Å². The monoisotopic (exact) mass is 321 g/mol. The van der Waals surface area contributed by atoms with E-state index in [0.29, 0.717) is 0 Å². The van der Waals surface area contributed by atoms with Crippen molar-refractivity contribution in [2.75, 3.05) is 0 Å². The Bertz CT molecular complexity index is 614. The molecule has 3 aromatic rings. The van der Waals surface area contributed by atoms with Crippen molar-refractivity contribution >= 4 is 29.8 Å². The van der Waals surface area contributed by atoms with Crippen molar-refractivity contribution in [1.29, 1.82) is 0 Å². The van der Waals surface area contributed by atoms with Crippen LogP contribution in [0.5, 0.6) is 0 Å². The third-order valence-corrected chi connectivity index (χ3v) is 5.49. The number of hydrogen-bond acceptors (Lipinski definition) is 2. The Labute approximate surface area is 138 Å². The number of carbonyl (C=O) groups is 1. The maximum atomic E-state index is 8.89. The second-order valence-electron chi connectivity index (χ2n) is 4.83. The molecule has 3 heteroatoms. The van der Waals surface area contributed by atoms with E-state index in [2.05, 4.69) is 91.0 Å². The van der Waals surface area contributed by atoms with Gasteiger partial charge in [0.1, 0.15) is 0 Å². The highest BCUT2D eigenvalue weighted by atomic mass is 31.1. The van der Waals surface area contributed by atoms with E-state index >= 15 is 0 Å². The number of carbonyl (C=O) groups excluding carboxylic acids is 1. The maximum absolute atomic E-state index is 8.89. The SMILES string of the molecule is CC(=O)[O-].c1ccc(P(c2ccccc2)c2ccccc2)cc1. The van der Waals surface area contributed by atoms with E-state index in [4.69, 9.17) is 9.90 Å². The number of carboxylic acid groups (broad SMARTS) is 1. The Morgan fingerprint density at radius 2 is 0.870 bits per heavy atom. The van der Waals surface area contributed by atoms with Gasteiger partial charge in [-0.1, -0.05) is 91.0 Å². The van der Waals surface area contributed by atoms with E-state index in [1.807, 2.05) is 0 Å². The van der Waals surface area contributed by atoms with Gasteiger partial charge in [-0.2, -0.15) is 0 Å². The molecule has 0 spiro atoms. The molecule has 0 fully saturated rings. The molecule has 116 valence electrons. The van der Waals surface area contributed by atoms with Crippen molar-refractivity contribution in [1.82, 2.24) is 0 Å². The normalized spacial score (nSPS) is 9.83. The molecular formula is C20H18O2P-. The van der Waals surface area contributed by atoms with Crippen LogP contribution in [-0.2, 0) is 4.79 Å². The smallest absolute Gasteiger partial charge is 0.0383 e. The van der Waals surface area contributed by atoms with Crippen LogP contribution in [0.4, 0.5) is 0 Å². The lowest BCUT2D eigenvalue weighted by Gasteiger charge is -2.18. The minimum Gasteiger partial charge on any atom is -0.550 e. The average molecular weight is 321 g/mol. The largest absolute Gasteiger partial charge is 0.550 e. The fraction of sp³-hybridized carbons (Fsp3) is 0.0500. The minimum absolute atomic E-state index is 0.446. The number of rotatable bonds is 3. The van der Waals surface area contributed by atoms with Gasteiger partial charge in [0.25, 0.3) is 0 Å². The summed E-state index contributed by atoms with van der Waals surface area (Å²) in [5, 5.41) is 13.1. The Kier molecular flexibility index (Phi) is 6.53. The Morgan fingerprint density at radius 1 is 0.652 bits per heavy atom. The molecule has 0 amide bonds. The summed E-state index contributed by atoms with van der Waals surface area (Å²) in [6.45, 7) is 0.972. The Balaban J connectivity index is 0.000000433. The molecule has 3 rings (SSSR count). The van der Waals surface area contributed by atoms with Crippen molar-refractivity contribution in [3.8, 4) is 0 Å². The lowest BCUT2D eigenvalue weighted by molar-refractivity contribution is -0.302. The quantitative estimate of drug-likeness (QED) is 0.694. The first-order valence-electron chi connectivity index (χ1n) is 7.31. The third-order valence-electron chi connectivity index (χ3n) is 3.04. The highest BCUT2D eigenvalue weighted by Gasteiger charge is 2.14. The van der Waals surface area contributed by atoms with Crippen LogP contribution in [0.25, 0.3) is 0 Å². The van der Waals surface area contributed by atoms with Crippen molar-refractivity contribution in [2.24, 2.45) is 0 Å². The zero-order chi connectivity index (χ0) is 16.5.